The average molecular weight is 391 g/mol. The van der Waals surface area contributed by atoms with Gasteiger partial charge in [0.25, 0.3) is 0 Å². The summed E-state index contributed by atoms with van der Waals surface area (Å²) >= 11 is 0. The molecule has 148 valence electrons. The Balaban J connectivity index is 1.54. The summed E-state index contributed by atoms with van der Waals surface area (Å²) in [5, 5.41) is 9.01. The number of hydrogen-bond acceptors (Lipinski definition) is 5. The molecule has 0 aliphatic carbocycles. The molecule has 27 heavy (non-hydrogen) atoms. The molecule has 8 nitrogen and oxygen atoms in total. The fourth-order valence-electron chi connectivity index (χ4n) is 2.98. The Hall–Kier alpha value is -1.97. The van der Waals surface area contributed by atoms with Gasteiger partial charge in [-0.25, -0.2) is 14.8 Å². The van der Waals surface area contributed by atoms with Crippen LogP contribution in [0.15, 0.2) is 18.5 Å². The van der Waals surface area contributed by atoms with Crippen molar-refractivity contribution in [3.05, 3.63) is 18.5 Å². The average Bonchev–Trinajstić information content (AvgIpc) is 3.01. The number of hydrogen-bond donors (Lipinski definition) is 3. The van der Waals surface area contributed by atoms with Gasteiger partial charge in [-0.2, -0.15) is 0 Å². The second-order valence-electron chi connectivity index (χ2n) is 8.24. The predicted molar refractivity (Wildman–Crippen MR) is 110 cm³/mol. The highest BCUT2D eigenvalue weighted by Crippen LogP contribution is 2.15. The van der Waals surface area contributed by atoms with Crippen LogP contribution in [-0.2, 0) is 11.5 Å². The summed E-state index contributed by atoms with van der Waals surface area (Å²) in [7, 11) is -1.08. The molecule has 1 aliphatic rings. The second kappa shape index (κ2) is 8.81. The van der Waals surface area contributed by atoms with E-state index in [0.29, 0.717) is 12.5 Å². The van der Waals surface area contributed by atoms with Gasteiger partial charge in [0.2, 0.25) is 0 Å². The summed E-state index contributed by atoms with van der Waals surface area (Å²) in [6.45, 7) is 10.1. The molecule has 0 aromatic carbocycles. The van der Waals surface area contributed by atoms with Gasteiger partial charge in [0.15, 0.2) is 11.5 Å². The van der Waals surface area contributed by atoms with Gasteiger partial charge in [-0.05, 0) is 31.5 Å². The van der Waals surface area contributed by atoms with Crippen molar-refractivity contribution in [3.8, 4) is 0 Å². The third-order valence-corrected chi connectivity index (χ3v) is 6.27. The Labute approximate surface area is 161 Å². The fraction of sp³-hybridized carbons (Fsp3) is 0.611. The van der Waals surface area contributed by atoms with Crippen LogP contribution < -0.4 is 16.0 Å². The number of piperidine rings is 1. The summed E-state index contributed by atoms with van der Waals surface area (Å²) in [6, 6.07) is 2.94. The third-order valence-electron chi connectivity index (χ3n) is 4.56. The van der Waals surface area contributed by atoms with Gasteiger partial charge in [0, 0.05) is 33.5 Å². The van der Waals surface area contributed by atoms with Crippen LogP contribution in [0, 0.1) is 0 Å². The van der Waals surface area contributed by atoms with Crippen LogP contribution in [0.5, 0.6) is 0 Å². The molecule has 3 heterocycles. The zero-order chi connectivity index (χ0) is 19.3. The number of nitrogens with zero attached hydrogens (tertiary/aromatic N) is 3. The SMILES string of the molecule is C[Si](C)(C)CCOCn1ccc2nc(NC(=O)N[C@H]3CCCNC3)cnc21. The van der Waals surface area contributed by atoms with E-state index in [1.54, 1.807) is 6.20 Å². The molecule has 0 spiro atoms. The summed E-state index contributed by atoms with van der Waals surface area (Å²) in [5.41, 5.74) is 1.49. The number of aromatic nitrogens is 3. The van der Waals surface area contributed by atoms with Crippen LogP contribution in [0.1, 0.15) is 12.8 Å². The maximum atomic E-state index is 12.1. The summed E-state index contributed by atoms with van der Waals surface area (Å²) in [6.07, 6.45) is 5.56. The number of fused-ring (bicyclic) bond motifs is 1. The molecular formula is C18H30N6O2Si. The van der Waals surface area contributed by atoms with Crippen molar-refractivity contribution >= 4 is 31.1 Å². The van der Waals surface area contributed by atoms with Crippen molar-refractivity contribution in [1.29, 1.82) is 0 Å². The minimum atomic E-state index is -1.08. The number of urea groups is 1. The molecule has 2 aromatic rings. The lowest BCUT2D eigenvalue weighted by Gasteiger charge is -2.23. The van der Waals surface area contributed by atoms with Crippen molar-refractivity contribution in [2.45, 2.75) is 51.3 Å². The van der Waals surface area contributed by atoms with Crippen molar-refractivity contribution in [2.75, 3.05) is 25.0 Å². The summed E-state index contributed by atoms with van der Waals surface area (Å²) in [5.74, 6) is 0.446. The first-order valence-electron chi connectivity index (χ1n) is 9.59. The lowest BCUT2D eigenvalue weighted by Crippen LogP contribution is -2.47. The van der Waals surface area contributed by atoms with E-state index in [4.69, 9.17) is 4.74 Å². The number of carbonyl (C=O) groups is 1. The van der Waals surface area contributed by atoms with E-state index in [1.165, 1.54) is 0 Å². The van der Waals surface area contributed by atoms with Crippen LogP contribution in [0.2, 0.25) is 25.7 Å². The van der Waals surface area contributed by atoms with E-state index in [-0.39, 0.29) is 12.1 Å². The quantitative estimate of drug-likeness (QED) is 0.499. The monoisotopic (exact) mass is 390 g/mol. The molecule has 9 heteroatoms. The molecule has 3 rings (SSSR count). The van der Waals surface area contributed by atoms with E-state index in [9.17, 15) is 4.79 Å². The zero-order valence-corrected chi connectivity index (χ0v) is 17.4. The van der Waals surface area contributed by atoms with Gasteiger partial charge in [-0.15, -0.1) is 0 Å². The minimum Gasteiger partial charge on any atom is -0.361 e. The maximum absolute atomic E-state index is 12.1. The number of nitrogens with one attached hydrogen (secondary N) is 3. The normalized spacial score (nSPS) is 17.8. The van der Waals surface area contributed by atoms with Crippen LogP contribution in [-0.4, -0.2) is 54.4 Å². The van der Waals surface area contributed by atoms with Gasteiger partial charge >= 0.3 is 6.03 Å². The molecule has 1 atom stereocenters. The molecule has 0 radical (unpaired) electrons. The zero-order valence-electron chi connectivity index (χ0n) is 16.4. The molecule has 1 aliphatic heterocycles. The van der Waals surface area contributed by atoms with Crippen LogP contribution in [0.4, 0.5) is 10.6 Å². The van der Waals surface area contributed by atoms with E-state index in [2.05, 4.69) is 45.6 Å². The van der Waals surface area contributed by atoms with Gasteiger partial charge in [0.05, 0.1) is 6.20 Å². The van der Waals surface area contributed by atoms with Crippen molar-refractivity contribution in [2.24, 2.45) is 0 Å². The van der Waals surface area contributed by atoms with E-state index in [1.807, 2.05) is 16.8 Å². The number of anilines is 1. The Kier molecular flexibility index (Phi) is 6.45. The molecule has 2 amide bonds. The number of carbonyl (C=O) groups excluding carboxylic acids is 1. The molecule has 0 saturated carbocycles. The molecule has 1 saturated heterocycles. The van der Waals surface area contributed by atoms with E-state index >= 15 is 0 Å². The number of amides is 2. The molecule has 0 bridgehead atoms. The van der Waals surface area contributed by atoms with Gasteiger partial charge in [0.1, 0.15) is 12.2 Å². The van der Waals surface area contributed by atoms with Crippen molar-refractivity contribution in [3.63, 3.8) is 0 Å². The first-order valence-corrected chi connectivity index (χ1v) is 13.3. The van der Waals surface area contributed by atoms with Crippen LogP contribution in [0.25, 0.3) is 11.2 Å². The predicted octanol–water partition coefficient (Wildman–Crippen LogP) is 2.62. The summed E-state index contributed by atoms with van der Waals surface area (Å²) < 4.78 is 7.72. The first kappa shape index (κ1) is 19.8. The number of rotatable bonds is 7. The maximum Gasteiger partial charge on any atom is 0.320 e. The third kappa shape index (κ3) is 6.01. The lowest BCUT2D eigenvalue weighted by molar-refractivity contribution is 0.0899. The second-order valence-corrected chi connectivity index (χ2v) is 13.9. The van der Waals surface area contributed by atoms with Gasteiger partial charge in [-0.1, -0.05) is 19.6 Å². The Morgan fingerprint density at radius 2 is 2.30 bits per heavy atom. The first-order chi connectivity index (χ1) is 12.9. The lowest BCUT2D eigenvalue weighted by atomic mass is 10.1. The van der Waals surface area contributed by atoms with Crippen LogP contribution >= 0.6 is 0 Å². The van der Waals surface area contributed by atoms with Gasteiger partial charge < -0.3 is 19.9 Å². The standard InChI is InChI=1S/C18H30N6O2Si/c1-27(2,3)10-9-26-13-24-8-6-15-17(24)20-12-16(22-15)23-18(25)21-14-5-4-7-19-11-14/h6,8,12,14,19H,4-5,7,9-11,13H2,1-3H3,(H2,21,22,23,25)/t14-/m0/s1. The molecule has 3 N–H and O–H groups in total. The van der Waals surface area contributed by atoms with Gasteiger partial charge in [-0.3, -0.25) is 5.32 Å². The Bertz CT molecular complexity index is 767. The van der Waals surface area contributed by atoms with E-state index in [0.717, 1.165) is 49.7 Å². The molecule has 1 fully saturated rings. The van der Waals surface area contributed by atoms with Crippen molar-refractivity contribution in [1.82, 2.24) is 25.2 Å². The highest BCUT2D eigenvalue weighted by molar-refractivity contribution is 6.76. The highest BCUT2D eigenvalue weighted by atomic mass is 28.3. The highest BCUT2D eigenvalue weighted by Gasteiger charge is 2.16. The number of ether oxygens (including phenoxy) is 1. The largest absolute Gasteiger partial charge is 0.361 e. The molecule has 2 aromatic heterocycles. The molecule has 0 unspecified atom stereocenters. The minimum absolute atomic E-state index is 0.157. The van der Waals surface area contributed by atoms with Crippen molar-refractivity contribution < 1.29 is 9.53 Å². The van der Waals surface area contributed by atoms with Crippen LogP contribution in [0.3, 0.4) is 0 Å². The molecular weight excluding hydrogens is 360 g/mol. The topological polar surface area (TPSA) is 93.1 Å². The van der Waals surface area contributed by atoms with E-state index < -0.39 is 8.07 Å². The Morgan fingerprint density at radius 1 is 1.44 bits per heavy atom. The summed E-state index contributed by atoms with van der Waals surface area (Å²) in [4.78, 5) is 21.1. The smallest absolute Gasteiger partial charge is 0.320 e. The fourth-order valence-corrected chi connectivity index (χ4v) is 3.74. The Morgan fingerprint density at radius 3 is 3.04 bits per heavy atom.